The maximum absolute atomic E-state index is 9.89. The Labute approximate surface area is 140 Å². The molecule has 0 saturated heterocycles. The van der Waals surface area contributed by atoms with Crippen LogP contribution in [0.15, 0.2) is 40.9 Å². The zero-order valence-electron chi connectivity index (χ0n) is 13.4. The number of hydrogen-bond donors (Lipinski definition) is 1. The lowest BCUT2D eigenvalue weighted by atomic mass is 9.94. The molecule has 3 rings (SSSR count). The van der Waals surface area contributed by atoms with E-state index >= 15 is 0 Å². The van der Waals surface area contributed by atoms with Crippen molar-refractivity contribution in [3.8, 4) is 22.6 Å². The largest absolute Gasteiger partial charge is 0.391 e. The molecule has 0 atom stereocenters. The second kappa shape index (κ2) is 6.19. The minimum absolute atomic E-state index is 0.161. The van der Waals surface area contributed by atoms with E-state index in [4.69, 9.17) is 16.1 Å². The predicted octanol–water partition coefficient (Wildman–Crippen LogP) is 5.08. The second-order valence-corrected chi connectivity index (χ2v) is 6.16. The van der Waals surface area contributed by atoms with E-state index in [9.17, 15) is 5.11 Å². The van der Waals surface area contributed by atoms with Gasteiger partial charge in [-0.25, -0.2) is 0 Å². The number of halogens is 1. The first-order chi connectivity index (χ1) is 11.0. The van der Waals surface area contributed by atoms with Crippen LogP contribution in [0.3, 0.4) is 0 Å². The van der Waals surface area contributed by atoms with Gasteiger partial charge in [-0.2, -0.15) is 0 Å². The topological polar surface area (TPSA) is 46.3 Å². The van der Waals surface area contributed by atoms with E-state index in [1.165, 1.54) is 5.56 Å². The van der Waals surface area contributed by atoms with Crippen molar-refractivity contribution >= 4 is 11.6 Å². The zero-order valence-corrected chi connectivity index (χ0v) is 14.1. The van der Waals surface area contributed by atoms with Crippen LogP contribution in [0.25, 0.3) is 22.6 Å². The number of nitrogens with zero attached hydrogens (tertiary/aromatic N) is 1. The quantitative estimate of drug-likeness (QED) is 0.729. The van der Waals surface area contributed by atoms with Gasteiger partial charge in [-0.05, 0) is 38.0 Å². The summed E-state index contributed by atoms with van der Waals surface area (Å²) < 4.78 is 5.62. The van der Waals surface area contributed by atoms with Crippen LogP contribution in [0.1, 0.15) is 22.3 Å². The molecule has 1 aromatic heterocycles. The third-order valence-electron chi connectivity index (χ3n) is 3.98. The molecule has 3 aromatic rings. The summed E-state index contributed by atoms with van der Waals surface area (Å²) in [4.78, 5) is 0. The lowest BCUT2D eigenvalue weighted by molar-refractivity contribution is 0.281. The summed E-state index contributed by atoms with van der Waals surface area (Å²) in [5.41, 5.74) is 6.37. The van der Waals surface area contributed by atoms with E-state index in [2.05, 4.69) is 24.2 Å². The molecule has 118 valence electrons. The Bertz CT molecular complexity index is 845. The van der Waals surface area contributed by atoms with Crippen LogP contribution >= 0.6 is 11.6 Å². The normalized spacial score (nSPS) is 11.0. The monoisotopic (exact) mass is 327 g/mol. The van der Waals surface area contributed by atoms with Gasteiger partial charge in [0.25, 0.3) is 0 Å². The molecule has 0 aliphatic heterocycles. The Balaban J connectivity index is 2.23. The predicted molar refractivity (Wildman–Crippen MR) is 92.5 cm³/mol. The highest BCUT2D eigenvalue weighted by Crippen LogP contribution is 2.38. The Morgan fingerprint density at radius 3 is 2.35 bits per heavy atom. The first-order valence-electron chi connectivity index (χ1n) is 7.45. The molecule has 0 amide bonds. The third kappa shape index (κ3) is 2.78. The Kier molecular flexibility index (Phi) is 4.24. The van der Waals surface area contributed by atoms with Crippen molar-refractivity contribution in [2.45, 2.75) is 27.4 Å². The van der Waals surface area contributed by atoms with Crippen molar-refractivity contribution in [1.29, 1.82) is 0 Å². The maximum Gasteiger partial charge on any atom is 0.173 e. The van der Waals surface area contributed by atoms with Crippen LogP contribution in [0.5, 0.6) is 0 Å². The number of benzene rings is 2. The average molecular weight is 328 g/mol. The maximum atomic E-state index is 9.89. The standard InChI is InChI=1S/C19H18ClNO2/c1-11-8-12(2)17(13(3)9-11)19-15(10-22)18(21-23-19)14-6-4-5-7-16(14)20/h4-9,22H,10H2,1-3H3. The summed E-state index contributed by atoms with van der Waals surface area (Å²) in [5, 5.41) is 14.7. The number of aliphatic hydroxyl groups is 1. The van der Waals surface area contributed by atoms with Crippen molar-refractivity contribution in [1.82, 2.24) is 5.16 Å². The Hall–Kier alpha value is -2.10. The molecular formula is C19H18ClNO2. The number of aryl methyl sites for hydroxylation is 3. The van der Waals surface area contributed by atoms with Crippen LogP contribution in [0, 0.1) is 20.8 Å². The molecule has 1 N–H and O–H groups in total. The first-order valence-corrected chi connectivity index (χ1v) is 7.83. The van der Waals surface area contributed by atoms with Gasteiger partial charge >= 0.3 is 0 Å². The van der Waals surface area contributed by atoms with Crippen LogP contribution in [0.4, 0.5) is 0 Å². The average Bonchev–Trinajstić information content (AvgIpc) is 2.90. The van der Waals surface area contributed by atoms with Crippen LogP contribution in [-0.4, -0.2) is 10.3 Å². The van der Waals surface area contributed by atoms with Crippen LogP contribution < -0.4 is 0 Å². The molecule has 3 nitrogen and oxygen atoms in total. The molecule has 23 heavy (non-hydrogen) atoms. The molecule has 0 aliphatic carbocycles. The minimum atomic E-state index is -0.161. The Morgan fingerprint density at radius 2 is 1.74 bits per heavy atom. The van der Waals surface area contributed by atoms with Gasteiger partial charge in [0, 0.05) is 11.1 Å². The van der Waals surface area contributed by atoms with Gasteiger partial charge in [0.05, 0.1) is 17.2 Å². The van der Waals surface area contributed by atoms with Crippen molar-refractivity contribution in [3.63, 3.8) is 0 Å². The van der Waals surface area contributed by atoms with Crippen molar-refractivity contribution in [3.05, 3.63) is 63.7 Å². The molecule has 2 aromatic carbocycles. The highest BCUT2D eigenvalue weighted by molar-refractivity contribution is 6.33. The Morgan fingerprint density at radius 1 is 1.09 bits per heavy atom. The summed E-state index contributed by atoms with van der Waals surface area (Å²) in [7, 11) is 0. The zero-order chi connectivity index (χ0) is 16.6. The fourth-order valence-corrected chi connectivity index (χ4v) is 3.28. The molecule has 0 radical (unpaired) electrons. The summed E-state index contributed by atoms with van der Waals surface area (Å²) >= 11 is 6.26. The molecular weight excluding hydrogens is 310 g/mol. The van der Waals surface area contributed by atoms with Crippen LogP contribution in [0.2, 0.25) is 5.02 Å². The fraction of sp³-hybridized carbons (Fsp3) is 0.211. The minimum Gasteiger partial charge on any atom is -0.391 e. The summed E-state index contributed by atoms with van der Waals surface area (Å²) in [6.45, 7) is 5.97. The van der Waals surface area contributed by atoms with Gasteiger partial charge in [0.2, 0.25) is 0 Å². The summed E-state index contributed by atoms with van der Waals surface area (Å²) in [6.07, 6.45) is 0. The number of aliphatic hydroxyl groups excluding tert-OH is 1. The molecule has 0 saturated carbocycles. The molecule has 0 bridgehead atoms. The number of rotatable bonds is 3. The van der Waals surface area contributed by atoms with E-state index in [1.807, 2.05) is 32.0 Å². The second-order valence-electron chi connectivity index (χ2n) is 5.75. The van der Waals surface area contributed by atoms with E-state index < -0.39 is 0 Å². The van der Waals surface area contributed by atoms with Gasteiger partial charge in [-0.1, -0.05) is 52.7 Å². The van der Waals surface area contributed by atoms with Gasteiger partial charge in [-0.3, -0.25) is 0 Å². The highest BCUT2D eigenvalue weighted by Gasteiger charge is 2.22. The van der Waals surface area contributed by atoms with Crippen LogP contribution in [-0.2, 0) is 6.61 Å². The van der Waals surface area contributed by atoms with Crippen molar-refractivity contribution in [2.24, 2.45) is 0 Å². The van der Waals surface area contributed by atoms with E-state index in [0.29, 0.717) is 22.0 Å². The smallest absolute Gasteiger partial charge is 0.173 e. The summed E-state index contributed by atoms with van der Waals surface area (Å²) in [6, 6.07) is 11.6. The van der Waals surface area contributed by atoms with E-state index in [1.54, 1.807) is 6.07 Å². The molecule has 0 aliphatic rings. The molecule has 0 unspecified atom stereocenters. The van der Waals surface area contributed by atoms with Gasteiger partial charge < -0.3 is 9.63 Å². The molecule has 4 heteroatoms. The first kappa shape index (κ1) is 15.8. The van der Waals surface area contributed by atoms with Gasteiger partial charge in [-0.15, -0.1) is 0 Å². The molecule has 1 heterocycles. The van der Waals surface area contributed by atoms with Gasteiger partial charge in [0.15, 0.2) is 5.76 Å². The molecule has 0 spiro atoms. The SMILES string of the molecule is Cc1cc(C)c(-c2onc(-c3ccccc3Cl)c2CO)c(C)c1. The highest BCUT2D eigenvalue weighted by atomic mass is 35.5. The van der Waals surface area contributed by atoms with Crippen molar-refractivity contribution in [2.75, 3.05) is 0 Å². The lowest BCUT2D eigenvalue weighted by Gasteiger charge is -2.10. The number of aromatic nitrogens is 1. The lowest BCUT2D eigenvalue weighted by Crippen LogP contribution is -1.94. The third-order valence-corrected chi connectivity index (χ3v) is 4.31. The van der Waals surface area contributed by atoms with Crippen molar-refractivity contribution < 1.29 is 9.63 Å². The van der Waals surface area contributed by atoms with E-state index in [0.717, 1.165) is 22.3 Å². The number of hydrogen-bond acceptors (Lipinski definition) is 3. The molecule has 0 fully saturated rings. The van der Waals surface area contributed by atoms with Gasteiger partial charge in [0.1, 0.15) is 5.69 Å². The van der Waals surface area contributed by atoms with E-state index in [-0.39, 0.29) is 6.61 Å². The fourth-order valence-electron chi connectivity index (χ4n) is 3.06. The summed E-state index contributed by atoms with van der Waals surface area (Å²) in [5.74, 6) is 0.609.